The van der Waals surface area contributed by atoms with E-state index in [-0.39, 0.29) is 5.91 Å². The third kappa shape index (κ3) is 4.60. The van der Waals surface area contributed by atoms with Crippen molar-refractivity contribution in [2.24, 2.45) is 11.7 Å². The molecule has 5 nitrogen and oxygen atoms in total. The minimum Gasteiger partial charge on any atom is -0.371 e. The summed E-state index contributed by atoms with van der Waals surface area (Å²) in [5, 5.41) is 3.57. The van der Waals surface area contributed by atoms with Crippen molar-refractivity contribution < 1.29 is 4.79 Å². The van der Waals surface area contributed by atoms with Crippen molar-refractivity contribution >= 4 is 17.4 Å². The number of carbonyl (C=O) groups excluding carboxylic acids is 1. The molecule has 2 aliphatic rings. The second-order valence-electron chi connectivity index (χ2n) is 6.99. The summed E-state index contributed by atoms with van der Waals surface area (Å²) >= 11 is 0. The zero-order valence-electron chi connectivity index (χ0n) is 13.8. The molecule has 0 aromatic carbocycles. The second-order valence-corrected chi connectivity index (χ2v) is 6.99. The van der Waals surface area contributed by atoms with Crippen molar-refractivity contribution in [3.63, 3.8) is 0 Å². The summed E-state index contributed by atoms with van der Waals surface area (Å²) in [7, 11) is 0. The van der Waals surface area contributed by atoms with Gasteiger partial charge in [-0.15, -0.1) is 0 Å². The monoisotopic (exact) mass is 316 g/mol. The Morgan fingerprint density at radius 2 is 2.09 bits per heavy atom. The van der Waals surface area contributed by atoms with Crippen LogP contribution in [0.3, 0.4) is 0 Å². The summed E-state index contributed by atoms with van der Waals surface area (Å²) in [5.74, 6) is 1.20. The molecule has 3 N–H and O–H groups in total. The Hall–Kier alpha value is -1.78. The van der Waals surface area contributed by atoms with Gasteiger partial charge in [-0.2, -0.15) is 0 Å². The van der Waals surface area contributed by atoms with Crippen LogP contribution in [-0.2, 0) is 4.79 Å². The van der Waals surface area contributed by atoms with Crippen LogP contribution in [0.25, 0.3) is 0 Å². The number of anilines is 2. The molecule has 2 fully saturated rings. The van der Waals surface area contributed by atoms with Crippen LogP contribution in [0, 0.1) is 5.92 Å². The standard InChI is InChI=1S/C18H28N4O/c19-17(23)12-14-5-4-6-15(11-14)21-18-13-16(7-8-20-18)22-9-2-1-3-10-22/h7-8,13-15H,1-6,9-12H2,(H2,19,23)(H,20,21)/t14-,15+/m0/s1. The quantitative estimate of drug-likeness (QED) is 0.876. The molecule has 1 saturated carbocycles. The first-order chi connectivity index (χ1) is 11.2. The SMILES string of the molecule is NC(=O)C[C@H]1CCC[C@@H](Nc2cc(N3CCCCC3)ccn2)C1. The molecule has 1 amide bonds. The first-order valence-corrected chi connectivity index (χ1v) is 8.96. The maximum Gasteiger partial charge on any atom is 0.217 e. The highest BCUT2D eigenvalue weighted by molar-refractivity contribution is 5.74. The van der Waals surface area contributed by atoms with Crippen molar-refractivity contribution in [3.8, 4) is 0 Å². The fraction of sp³-hybridized carbons (Fsp3) is 0.667. The first kappa shape index (κ1) is 16.1. The molecule has 5 heteroatoms. The number of hydrogen-bond donors (Lipinski definition) is 2. The van der Waals surface area contributed by atoms with Crippen LogP contribution in [0.4, 0.5) is 11.5 Å². The van der Waals surface area contributed by atoms with Crippen LogP contribution in [0.1, 0.15) is 51.4 Å². The highest BCUT2D eigenvalue weighted by Crippen LogP contribution is 2.29. The Labute approximate surface area is 138 Å². The van der Waals surface area contributed by atoms with Gasteiger partial charge in [0.25, 0.3) is 0 Å². The number of pyridine rings is 1. The third-order valence-electron chi connectivity index (χ3n) is 5.09. The van der Waals surface area contributed by atoms with Crippen molar-refractivity contribution in [1.82, 2.24) is 4.98 Å². The molecule has 2 heterocycles. The molecule has 0 radical (unpaired) electrons. The Morgan fingerprint density at radius 1 is 1.26 bits per heavy atom. The summed E-state index contributed by atoms with van der Waals surface area (Å²) in [6.07, 6.45) is 10.7. The Morgan fingerprint density at radius 3 is 2.87 bits per heavy atom. The number of piperidine rings is 1. The largest absolute Gasteiger partial charge is 0.371 e. The molecular formula is C18H28N4O. The van der Waals surface area contributed by atoms with Crippen LogP contribution in [0.5, 0.6) is 0 Å². The molecule has 3 rings (SSSR count). The number of carbonyl (C=O) groups is 1. The van der Waals surface area contributed by atoms with E-state index >= 15 is 0 Å². The highest BCUT2D eigenvalue weighted by atomic mass is 16.1. The van der Waals surface area contributed by atoms with E-state index in [1.807, 2.05) is 6.20 Å². The van der Waals surface area contributed by atoms with Gasteiger partial charge in [-0.25, -0.2) is 4.98 Å². The van der Waals surface area contributed by atoms with E-state index in [1.54, 1.807) is 0 Å². The molecule has 0 unspecified atom stereocenters. The fourth-order valence-corrected chi connectivity index (χ4v) is 3.95. The van der Waals surface area contributed by atoms with E-state index in [4.69, 9.17) is 5.73 Å². The average Bonchev–Trinajstić information content (AvgIpc) is 2.56. The van der Waals surface area contributed by atoms with Gasteiger partial charge in [-0.05, 0) is 50.5 Å². The summed E-state index contributed by atoms with van der Waals surface area (Å²) < 4.78 is 0. The molecule has 2 atom stereocenters. The van der Waals surface area contributed by atoms with Gasteiger partial charge in [0.1, 0.15) is 5.82 Å². The maximum atomic E-state index is 11.1. The molecule has 126 valence electrons. The van der Waals surface area contributed by atoms with Gasteiger partial charge < -0.3 is 16.0 Å². The van der Waals surface area contributed by atoms with Crippen molar-refractivity contribution in [3.05, 3.63) is 18.3 Å². The minimum absolute atomic E-state index is 0.180. The zero-order chi connectivity index (χ0) is 16.1. The van der Waals surface area contributed by atoms with Crippen LogP contribution >= 0.6 is 0 Å². The van der Waals surface area contributed by atoms with Crippen LogP contribution in [0.2, 0.25) is 0 Å². The smallest absolute Gasteiger partial charge is 0.217 e. The maximum absolute atomic E-state index is 11.1. The first-order valence-electron chi connectivity index (χ1n) is 8.96. The second kappa shape index (κ2) is 7.66. The van der Waals surface area contributed by atoms with Gasteiger partial charge in [0.15, 0.2) is 0 Å². The Kier molecular flexibility index (Phi) is 5.36. The molecule has 1 aromatic heterocycles. The Bertz CT molecular complexity index is 528. The topological polar surface area (TPSA) is 71.2 Å². The molecule has 1 saturated heterocycles. The van der Waals surface area contributed by atoms with Gasteiger partial charge in [0, 0.05) is 43.5 Å². The molecule has 23 heavy (non-hydrogen) atoms. The predicted octanol–water partition coefficient (Wildman–Crippen LogP) is 2.92. The van der Waals surface area contributed by atoms with E-state index in [9.17, 15) is 4.79 Å². The predicted molar refractivity (Wildman–Crippen MR) is 93.5 cm³/mol. The summed E-state index contributed by atoms with van der Waals surface area (Å²) in [5.41, 5.74) is 6.62. The molecule has 0 bridgehead atoms. The highest BCUT2D eigenvalue weighted by Gasteiger charge is 2.23. The molecule has 0 spiro atoms. The number of nitrogens with zero attached hydrogens (tertiary/aromatic N) is 2. The van der Waals surface area contributed by atoms with Crippen molar-refractivity contribution in [2.45, 2.75) is 57.4 Å². The van der Waals surface area contributed by atoms with E-state index in [0.717, 1.165) is 44.6 Å². The number of hydrogen-bond acceptors (Lipinski definition) is 4. The Balaban J connectivity index is 1.59. The van der Waals surface area contributed by atoms with Crippen molar-refractivity contribution in [1.29, 1.82) is 0 Å². The van der Waals surface area contributed by atoms with Crippen LogP contribution in [0.15, 0.2) is 18.3 Å². The molecular weight excluding hydrogens is 288 g/mol. The van der Waals surface area contributed by atoms with Gasteiger partial charge in [-0.3, -0.25) is 4.79 Å². The van der Waals surface area contributed by atoms with Crippen LogP contribution in [-0.4, -0.2) is 30.0 Å². The molecule has 1 aliphatic carbocycles. The third-order valence-corrected chi connectivity index (χ3v) is 5.09. The lowest BCUT2D eigenvalue weighted by molar-refractivity contribution is -0.119. The van der Waals surface area contributed by atoms with Gasteiger partial charge >= 0.3 is 0 Å². The number of nitrogens with one attached hydrogen (secondary N) is 1. The lowest BCUT2D eigenvalue weighted by atomic mass is 9.83. The zero-order valence-corrected chi connectivity index (χ0v) is 13.8. The summed E-state index contributed by atoms with van der Waals surface area (Å²) in [6, 6.07) is 4.67. The van der Waals surface area contributed by atoms with Crippen molar-refractivity contribution in [2.75, 3.05) is 23.3 Å². The van der Waals surface area contributed by atoms with E-state index < -0.39 is 0 Å². The van der Waals surface area contributed by atoms with E-state index in [1.165, 1.54) is 24.9 Å². The number of rotatable bonds is 5. The summed E-state index contributed by atoms with van der Waals surface area (Å²) in [4.78, 5) is 18.1. The molecule has 1 aliphatic heterocycles. The van der Waals surface area contributed by atoms with Gasteiger partial charge in [0.05, 0.1) is 0 Å². The van der Waals surface area contributed by atoms with E-state index in [0.29, 0.717) is 18.4 Å². The van der Waals surface area contributed by atoms with Gasteiger partial charge in [0.2, 0.25) is 5.91 Å². The van der Waals surface area contributed by atoms with Gasteiger partial charge in [-0.1, -0.05) is 6.42 Å². The summed E-state index contributed by atoms with van der Waals surface area (Å²) in [6.45, 7) is 2.29. The average molecular weight is 316 g/mol. The lowest BCUT2D eigenvalue weighted by Gasteiger charge is -2.31. The molecule has 1 aromatic rings. The van der Waals surface area contributed by atoms with Crippen LogP contribution < -0.4 is 16.0 Å². The normalized spacial score (nSPS) is 25.1. The number of amides is 1. The minimum atomic E-state index is -0.180. The fourth-order valence-electron chi connectivity index (χ4n) is 3.95. The number of primary amides is 1. The lowest BCUT2D eigenvalue weighted by Crippen LogP contribution is -2.31. The number of nitrogens with two attached hydrogens (primary N) is 1. The van der Waals surface area contributed by atoms with E-state index in [2.05, 4.69) is 27.3 Å². The number of aromatic nitrogens is 1.